The van der Waals surface area contributed by atoms with Crippen LogP contribution in [0.2, 0.25) is 0 Å². The van der Waals surface area contributed by atoms with E-state index in [1.807, 2.05) is 27.0 Å². The van der Waals surface area contributed by atoms with Gasteiger partial charge in [-0.05, 0) is 75.8 Å². The summed E-state index contributed by atoms with van der Waals surface area (Å²) in [7, 11) is 1.81. The van der Waals surface area contributed by atoms with Gasteiger partial charge in [0.2, 0.25) is 17.7 Å². The van der Waals surface area contributed by atoms with E-state index in [9.17, 15) is 24.6 Å². The first kappa shape index (κ1) is 35.8. The zero-order valence-corrected chi connectivity index (χ0v) is 29.0. The molecule has 0 aromatic rings. The van der Waals surface area contributed by atoms with Crippen molar-refractivity contribution >= 4 is 17.7 Å². The monoisotopic (exact) mass is 652 g/mol. The number of nitrogens with one attached hydrogen (secondary N) is 2. The van der Waals surface area contributed by atoms with E-state index < -0.39 is 30.2 Å². The van der Waals surface area contributed by atoms with Crippen molar-refractivity contribution in [3.8, 4) is 0 Å². The molecule has 5 aliphatic rings. The Labute approximate surface area is 282 Å². The molecule has 3 fully saturated rings. The molecule has 0 spiro atoms. The molecular weight excluding hydrogens is 592 g/mol. The van der Waals surface area contributed by atoms with Crippen LogP contribution < -0.4 is 10.6 Å². The predicted octanol–water partition coefficient (Wildman–Crippen LogP) is 4.11. The second kappa shape index (κ2) is 16.8. The van der Waals surface area contributed by atoms with E-state index in [1.165, 1.54) is 18.4 Å². The summed E-state index contributed by atoms with van der Waals surface area (Å²) in [6, 6.07) is -1.37. The van der Waals surface area contributed by atoms with Gasteiger partial charge in [0.1, 0.15) is 12.1 Å². The zero-order chi connectivity index (χ0) is 33.5. The van der Waals surface area contributed by atoms with Gasteiger partial charge in [-0.15, -0.1) is 0 Å². The molecule has 9 nitrogen and oxygen atoms in total. The lowest BCUT2D eigenvalue weighted by Crippen LogP contribution is -2.56. The van der Waals surface area contributed by atoms with Crippen LogP contribution in [0.3, 0.4) is 0 Å². The Kier molecular flexibility index (Phi) is 12.8. The number of likely N-dealkylation sites (tertiary alicyclic amines) is 1. The predicted molar refractivity (Wildman–Crippen MR) is 184 cm³/mol. The Morgan fingerprint density at radius 2 is 1.77 bits per heavy atom. The summed E-state index contributed by atoms with van der Waals surface area (Å²) < 4.78 is 0. The van der Waals surface area contributed by atoms with Crippen LogP contribution in [-0.4, -0.2) is 95.3 Å². The van der Waals surface area contributed by atoms with Crippen molar-refractivity contribution in [3.63, 3.8) is 0 Å². The van der Waals surface area contributed by atoms with Gasteiger partial charge in [-0.2, -0.15) is 0 Å². The molecule has 0 radical (unpaired) electrons. The number of amides is 3. The number of hydrogen-bond donors (Lipinski definition) is 4. The maximum atomic E-state index is 14.1. The van der Waals surface area contributed by atoms with Gasteiger partial charge in [0.05, 0.1) is 18.1 Å². The average Bonchev–Trinajstić information content (AvgIpc) is 3.95. The van der Waals surface area contributed by atoms with Crippen molar-refractivity contribution in [1.29, 1.82) is 0 Å². The van der Waals surface area contributed by atoms with Gasteiger partial charge in [-0.25, -0.2) is 0 Å². The van der Waals surface area contributed by atoms with Gasteiger partial charge < -0.3 is 30.6 Å². The van der Waals surface area contributed by atoms with E-state index in [0.29, 0.717) is 50.0 Å². The van der Waals surface area contributed by atoms with Gasteiger partial charge in [0.15, 0.2) is 0 Å². The Morgan fingerprint density at radius 1 is 1.02 bits per heavy atom. The Bertz CT molecular complexity index is 1190. The molecule has 0 bridgehead atoms. The molecule has 1 saturated heterocycles. The smallest absolute Gasteiger partial charge is 0.242 e. The van der Waals surface area contributed by atoms with Crippen LogP contribution in [0.4, 0.5) is 0 Å². The first-order chi connectivity index (χ1) is 22.6. The van der Waals surface area contributed by atoms with E-state index in [-0.39, 0.29) is 30.1 Å². The van der Waals surface area contributed by atoms with Crippen molar-refractivity contribution < 1.29 is 24.6 Å². The topological polar surface area (TPSA) is 122 Å². The fourth-order valence-electron chi connectivity index (χ4n) is 7.73. The molecule has 9 heteroatoms. The number of carbonyl (C=O) groups excluding carboxylic acids is 3. The second-order valence-corrected chi connectivity index (χ2v) is 15.5. The summed E-state index contributed by atoms with van der Waals surface area (Å²) in [5.74, 6) is 0.144. The lowest BCUT2D eigenvalue weighted by atomic mass is 9.82. The molecule has 1 aliphatic heterocycles. The molecule has 4 N–H and O–H groups in total. The molecule has 0 aromatic carbocycles. The summed E-state index contributed by atoms with van der Waals surface area (Å²) in [5, 5.41) is 28.4. The molecule has 262 valence electrons. The summed E-state index contributed by atoms with van der Waals surface area (Å²) >= 11 is 0. The highest BCUT2D eigenvalue weighted by Gasteiger charge is 2.54. The van der Waals surface area contributed by atoms with E-state index in [4.69, 9.17) is 0 Å². The third kappa shape index (κ3) is 10.5. The highest BCUT2D eigenvalue weighted by Crippen LogP contribution is 2.62. The van der Waals surface area contributed by atoms with Crippen LogP contribution in [0.15, 0.2) is 35.5 Å². The molecule has 4 aliphatic carbocycles. The molecule has 7 atom stereocenters. The number of fused-ring (bicyclic) bond motifs is 1. The number of hydrogen-bond acceptors (Lipinski definition) is 6. The number of carbonyl (C=O) groups is 3. The van der Waals surface area contributed by atoms with Crippen LogP contribution >= 0.6 is 0 Å². The Hall–Kier alpha value is -2.49. The number of aliphatic hydroxyl groups excluding tert-OH is 2. The third-order valence-electron chi connectivity index (χ3n) is 11.2. The molecule has 0 aromatic heterocycles. The largest absolute Gasteiger partial charge is 0.390 e. The lowest BCUT2D eigenvalue weighted by Gasteiger charge is -2.34. The van der Waals surface area contributed by atoms with Gasteiger partial charge in [0, 0.05) is 32.5 Å². The highest BCUT2D eigenvalue weighted by molar-refractivity contribution is 5.91. The fourth-order valence-corrected chi connectivity index (χ4v) is 7.73. The zero-order valence-electron chi connectivity index (χ0n) is 29.0. The minimum absolute atomic E-state index is 0.0537. The average molecular weight is 653 g/mol. The summed E-state index contributed by atoms with van der Waals surface area (Å²) in [4.78, 5) is 45.6. The van der Waals surface area contributed by atoms with Crippen LogP contribution in [0.5, 0.6) is 0 Å². The fraction of sp³-hybridized carbons (Fsp3) is 0.763. The number of allylic oxidation sites excluding steroid dienone is 6. The second-order valence-electron chi connectivity index (χ2n) is 15.5. The van der Waals surface area contributed by atoms with Crippen LogP contribution in [-0.2, 0) is 14.4 Å². The first-order valence-electron chi connectivity index (χ1n) is 18.6. The number of rotatable bonds is 19. The molecule has 47 heavy (non-hydrogen) atoms. The standard InChI is InChI=1S/C38H60N4O5/c1-25(2)19-34(43)36(45)32(21-27-13-8-5-9-14-27)39-38(47)33(24-31-29-23-30(29)31)40-37(46)28(20-26-11-6-4-7-12-26)22-35(44)41(3)17-18-42-15-10-16-42/h4,6,11,23,25,27-29,31-34,36,43,45H,5,7-10,12-22,24H2,1-3H3,(H,39,47)(H,40,46)/t28-,29?,31?,32+,33+,34+,36?/m1/s1. The maximum Gasteiger partial charge on any atom is 0.242 e. The van der Waals surface area contributed by atoms with Crippen LogP contribution in [0.1, 0.15) is 97.3 Å². The lowest BCUT2D eigenvalue weighted by molar-refractivity contribution is -0.137. The van der Waals surface area contributed by atoms with Crippen LogP contribution in [0.25, 0.3) is 0 Å². The van der Waals surface area contributed by atoms with Crippen molar-refractivity contribution in [1.82, 2.24) is 20.4 Å². The summed E-state index contributed by atoms with van der Waals surface area (Å²) in [5.41, 5.74) is 2.51. The molecule has 1 heterocycles. The minimum atomic E-state index is -1.08. The van der Waals surface area contributed by atoms with Crippen molar-refractivity contribution in [2.45, 2.75) is 122 Å². The summed E-state index contributed by atoms with van der Waals surface area (Å²) in [6.45, 7) is 7.65. The SMILES string of the molecule is CC(C)C[C@H](O)C(O)[C@H](CC1CCCCC1)NC(=O)[C@H](CC1C2=CC21)NC(=O)[C@@H](CC(=O)N(C)CCN1CCC1)CC1=CC=CCC1. The number of aliphatic hydroxyl groups is 2. The van der Waals surface area contributed by atoms with Crippen molar-refractivity contribution in [2.75, 3.05) is 33.2 Å². The van der Waals surface area contributed by atoms with E-state index in [2.05, 4.69) is 33.8 Å². The van der Waals surface area contributed by atoms with Gasteiger partial charge in [-0.1, -0.05) is 81.4 Å². The molecular formula is C38H60N4O5. The Balaban J connectivity index is 1.27. The summed E-state index contributed by atoms with van der Waals surface area (Å²) in [6.07, 6.45) is 17.1. The number of likely N-dealkylation sites (N-methyl/N-ethyl adjacent to an activating group) is 1. The molecule has 2 saturated carbocycles. The van der Waals surface area contributed by atoms with Gasteiger partial charge in [0.25, 0.3) is 0 Å². The third-order valence-corrected chi connectivity index (χ3v) is 11.2. The number of nitrogens with zero attached hydrogens (tertiary/aromatic N) is 2. The van der Waals surface area contributed by atoms with Crippen molar-refractivity contribution in [3.05, 3.63) is 35.5 Å². The van der Waals surface area contributed by atoms with Gasteiger partial charge >= 0.3 is 0 Å². The maximum absolute atomic E-state index is 14.1. The minimum Gasteiger partial charge on any atom is -0.390 e. The van der Waals surface area contributed by atoms with Crippen LogP contribution in [0, 0.1) is 29.6 Å². The van der Waals surface area contributed by atoms with Crippen molar-refractivity contribution in [2.24, 2.45) is 29.6 Å². The quantitative estimate of drug-likeness (QED) is 0.156. The molecule has 3 unspecified atom stereocenters. The van der Waals surface area contributed by atoms with E-state index >= 15 is 0 Å². The molecule has 3 amide bonds. The van der Waals surface area contributed by atoms with E-state index in [0.717, 1.165) is 63.7 Å². The van der Waals surface area contributed by atoms with Gasteiger partial charge in [-0.3, -0.25) is 14.4 Å². The van der Waals surface area contributed by atoms with E-state index in [1.54, 1.807) is 4.90 Å². The molecule has 5 rings (SSSR count). The first-order valence-corrected chi connectivity index (χ1v) is 18.6. The highest BCUT2D eigenvalue weighted by atomic mass is 16.3. The normalized spacial score (nSPS) is 25.3. The Morgan fingerprint density at radius 3 is 2.36 bits per heavy atom.